The van der Waals surface area contributed by atoms with Crippen LogP contribution in [0.5, 0.6) is 11.5 Å². The summed E-state index contributed by atoms with van der Waals surface area (Å²) < 4.78 is 32.2. The second kappa shape index (κ2) is 6.48. The fourth-order valence-corrected chi connectivity index (χ4v) is 1.91. The molecule has 0 saturated carbocycles. The molecule has 0 amide bonds. The normalized spacial score (nSPS) is 10.6. The van der Waals surface area contributed by atoms with Crippen LogP contribution in [0.2, 0.25) is 0 Å². The number of aryl methyl sites for hydroxylation is 1. The molecule has 2 nitrogen and oxygen atoms in total. The molecule has 2 rings (SSSR count). The van der Waals surface area contributed by atoms with Gasteiger partial charge in [0.05, 0.1) is 0 Å². The molecule has 20 heavy (non-hydrogen) atoms. The fourth-order valence-electron chi connectivity index (χ4n) is 1.91. The van der Waals surface area contributed by atoms with Crippen LogP contribution in [-0.4, -0.2) is 6.54 Å². The Labute approximate surface area is 117 Å². The van der Waals surface area contributed by atoms with Crippen molar-refractivity contribution < 1.29 is 13.5 Å². The Morgan fingerprint density at radius 1 is 1.05 bits per heavy atom. The van der Waals surface area contributed by atoms with Gasteiger partial charge in [0.15, 0.2) is 0 Å². The first-order valence-electron chi connectivity index (χ1n) is 6.52. The lowest BCUT2D eigenvalue weighted by atomic mass is 10.2. The second-order valence-electron chi connectivity index (χ2n) is 4.59. The van der Waals surface area contributed by atoms with Gasteiger partial charge in [0.2, 0.25) is 0 Å². The topological polar surface area (TPSA) is 21.3 Å². The Morgan fingerprint density at radius 3 is 2.55 bits per heavy atom. The van der Waals surface area contributed by atoms with Crippen LogP contribution in [0.25, 0.3) is 0 Å². The van der Waals surface area contributed by atoms with Gasteiger partial charge in [-0.1, -0.05) is 6.92 Å². The van der Waals surface area contributed by atoms with Gasteiger partial charge in [-0.25, -0.2) is 8.78 Å². The molecule has 0 radical (unpaired) electrons. The third-order valence-electron chi connectivity index (χ3n) is 2.87. The lowest BCUT2D eigenvalue weighted by molar-refractivity contribution is 0.469. The number of ether oxygens (including phenoxy) is 1. The lowest BCUT2D eigenvalue weighted by Gasteiger charge is -2.11. The van der Waals surface area contributed by atoms with Crippen molar-refractivity contribution in [3.8, 4) is 11.5 Å². The Morgan fingerprint density at radius 2 is 1.85 bits per heavy atom. The summed E-state index contributed by atoms with van der Waals surface area (Å²) in [6, 6.07) is 8.80. The van der Waals surface area contributed by atoms with Gasteiger partial charge in [0, 0.05) is 12.6 Å². The molecule has 0 aromatic heterocycles. The van der Waals surface area contributed by atoms with Crippen molar-refractivity contribution in [3.05, 3.63) is 59.2 Å². The number of hydrogen-bond acceptors (Lipinski definition) is 2. The van der Waals surface area contributed by atoms with E-state index < -0.39 is 0 Å². The summed E-state index contributed by atoms with van der Waals surface area (Å²) in [6.07, 6.45) is 0. The van der Waals surface area contributed by atoms with Gasteiger partial charge in [-0.2, -0.15) is 0 Å². The first kappa shape index (κ1) is 14.5. The maximum atomic E-state index is 13.6. The maximum absolute atomic E-state index is 13.6. The van der Waals surface area contributed by atoms with E-state index in [1.165, 1.54) is 24.3 Å². The van der Waals surface area contributed by atoms with Crippen molar-refractivity contribution in [2.75, 3.05) is 6.54 Å². The summed E-state index contributed by atoms with van der Waals surface area (Å²) >= 11 is 0. The quantitative estimate of drug-likeness (QED) is 0.885. The van der Waals surface area contributed by atoms with Crippen LogP contribution in [0.4, 0.5) is 8.78 Å². The van der Waals surface area contributed by atoms with Gasteiger partial charge in [-0.3, -0.25) is 0 Å². The summed E-state index contributed by atoms with van der Waals surface area (Å²) in [5.74, 6) is 0.260. The highest BCUT2D eigenvalue weighted by atomic mass is 19.1. The molecule has 0 fully saturated rings. The number of benzene rings is 2. The van der Waals surface area contributed by atoms with Crippen molar-refractivity contribution in [2.45, 2.75) is 20.4 Å². The molecule has 0 aliphatic heterocycles. The molecule has 4 heteroatoms. The molecule has 0 saturated heterocycles. The maximum Gasteiger partial charge on any atom is 0.130 e. The van der Waals surface area contributed by atoms with Crippen molar-refractivity contribution in [1.29, 1.82) is 0 Å². The summed E-state index contributed by atoms with van der Waals surface area (Å²) in [5.41, 5.74) is 1.48. The van der Waals surface area contributed by atoms with E-state index in [0.29, 0.717) is 23.6 Å². The van der Waals surface area contributed by atoms with Gasteiger partial charge in [-0.05, 0) is 54.9 Å². The average Bonchev–Trinajstić information content (AvgIpc) is 2.39. The van der Waals surface area contributed by atoms with Crippen molar-refractivity contribution in [1.82, 2.24) is 5.32 Å². The highest BCUT2D eigenvalue weighted by molar-refractivity contribution is 5.38. The van der Waals surface area contributed by atoms with E-state index in [4.69, 9.17) is 4.74 Å². The standard InChI is InChI=1S/C16H17F2NO/c1-3-19-10-12-7-14(18)9-15(8-12)20-16-5-4-13(17)6-11(16)2/h4-9,19H,3,10H2,1-2H3. The summed E-state index contributed by atoms with van der Waals surface area (Å²) in [7, 11) is 0. The molecular weight excluding hydrogens is 260 g/mol. The number of nitrogens with one attached hydrogen (secondary N) is 1. The third-order valence-corrected chi connectivity index (χ3v) is 2.87. The zero-order chi connectivity index (χ0) is 14.5. The minimum Gasteiger partial charge on any atom is -0.457 e. The average molecular weight is 277 g/mol. The number of halogens is 2. The minimum atomic E-state index is -0.352. The van der Waals surface area contributed by atoms with Crippen LogP contribution in [-0.2, 0) is 6.54 Å². The Balaban J connectivity index is 2.21. The first-order valence-corrected chi connectivity index (χ1v) is 6.52. The SMILES string of the molecule is CCNCc1cc(F)cc(Oc2ccc(F)cc2C)c1. The summed E-state index contributed by atoms with van der Waals surface area (Å²) in [5, 5.41) is 3.13. The molecule has 2 aromatic rings. The van der Waals surface area contributed by atoms with E-state index in [1.54, 1.807) is 19.1 Å². The predicted octanol–water partition coefficient (Wildman–Crippen LogP) is 4.18. The first-order chi connectivity index (χ1) is 9.58. The van der Waals surface area contributed by atoms with Crippen molar-refractivity contribution in [3.63, 3.8) is 0 Å². The predicted molar refractivity (Wildman–Crippen MR) is 75.0 cm³/mol. The second-order valence-corrected chi connectivity index (χ2v) is 4.59. The van der Waals surface area contributed by atoms with Gasteiger partial charge >= 0.3 is 0 Å². The molecule has 0 atom stereocenters. The van der Waals surface area contributed by atoms with Crippen LogP contribution in [0.3, 0.4) is 0 Å². The number of hydrogen-bond donors (Lipinski definition) is 1. The molecule has 0 bridgehead atoms. The Kier molecular flexibility index (Phi) is 4.69. The summed E-state index contributed by atoms with van der Waals surface area (Å²) in [4.78, 5) is 0. The Bertz CT molecular complexity index is 599. The van der Waals surface area contributed by atoms with E-state index in [-0.39, 0.29) is 11.6 Å². The molecule has 0 heterocycles. The van der Waals surface area contributed by atoms with Gasteiger partial charge in [0.1, 0.15) is 23.1 Å². The van der Waals surface area contributed by atoms with Gasteiger partial charge < -0.3 is 10.1 Å². The van der Waals surface area contributed by atoms with E-state index >= 15 is 0 Å². The third kappa shape index (κ3) is 3.78. The molecule has 0 unspecified atom stereocenters. The number of rotatable bonds is 5. The zero-order valence-electron chi connectivity index (χ0n) is 11.5. The highest BCUT2D eigenvalue weighted by Crippen LogP contribution is 2.27. The van der Waals surface area contributed by atoms with Gasteiger partial charge in [0.25, 0.3) is 0 Å². The van der Waals surface area contributed by atoms with E-state index in [1.807, 2.05) is 6.92 Å². The molecule has 0 spiro atoms. The van der Waals surface area contributed by atoms with E-state index in [0.717, 1.165) is 12.1 Å². The molecule has 106 valence electrons. The van der Waals surface area contributed by atoms with Crippen LogP contribution in [0.15, 0.2) is 36.4 Å². The smallest absolute Gasteiger partial charge is 0.130 e. The molecular formula is C16H17F2NO. The summed E-state index contributed by atoms with van der Waals surface area (Å²) in [6.45, 7) is 5.12. The van der Waals surface area contributed by atoms with Crippen LogP contribution >= 0.6 is 0 Å². The van der Waals surface area contributed by atoms with Crippen molar-refractivity contribution in [2.24, 2.45) is 0 Å². The minimum absolute atomic E-state index is 0.318. The Hall–Kier alpha value is -1.94. The van der Waals surface area contributed by atoms with E-state index in [9.17, 15) is 8.78 Å². The van der Waals surface area contributed by atoms with Crippen molar-refractivity contribution >= 4 is 0 Å². The molecule has 0 aliphatic carbocycles. The molecule has 2 aromatic carbocycles. The van der Waals surface area contributed by atoms with Crippen LogP contribution in [0.1, 0.15) is 18.1 Å². The molecule has 1 N–H and O–H groups in total. The zero-order valence-corrected chi connectivity index (χ0v) is 11.5. The monoisotopic (exact) mass is 277 g/mol. The highest BCUT2D eigenvalue weighted by Gasteiger charge is 2.06. The van der Waals surface area contributed by atoms with Crippen LogP contribution < -0.4 is 10.1 Å². The fraction of sp³-hybridized carbons (Fsp3) is 0.250. The molecule has 0 aliphatic rings. The van der Waals surface area contributed by atoms with Crippen LogP contribution in [0, 0.1) is 18.6 Å². The lowest BCUT2D eigenvalue weighted by Crippen LogP contribution is -2.11. The largest absolute Gasteiger partial charge is 0.457 e. The van der Waals surface area contributed by atoms with E-state index in [2.05, 4.69) is 5.32 Å². The van der Waals surface area contributed by atoms with Gasteiger partial charge in [-0.15, -0.1) is 0 Å².